The molecule has 1 saturated carbocycles. The normalized spacial score (nSPS) is 28.4. The average molecular weight is 421 g/mol. The van der Waals surface area contributed by atoms with Crippen LogP contribution in [-0.2, 0) is 6.54 Å². The summed E-state index contributed by atoms with van der Waals surface area (Å²) in [6.07, 6.45) is 5.90. The Morgan fingerprint density at radius 2 is 2.00 bits per heavy atom. The molecule has 1 unspecified atom stereocenters. The van der Waals surface area contributed by atoms with E-state index < -0.39 is 10.6 Å². The summed E-state index contributed by atoms with van der Waals surface area (Å²) < 4.78 is 0. The monoisotopic (exact) mass is 420 g/mol. The fraction of sp³-hybridized carbons (Fsp3) is 0.550. The number of hydrogen-bond donors (Lipinski definition) is 4. The molecule has 29 heavy (non-hydrogen) atoms. The van der Waals surface area contributed by atoms with E-state index in [1.54, 1.807) is 0 Å². The molecule has 0 spiro atoms. The van der Waals surface area contributed by atoms with Gasteiger partial charge in [0.15, 0.2) is 11.6 Å². The zero-order valence-corrected chi connectivity index (χ0v) is 17.4. The lowest BCUT2D eigenvalue weighted by Crippen LogP contribution is -2.64. The van der Waals surface area contributed by atoms with Crippen LogP contribution in [0.5, 0.6) is 0 Å². The fourth-order valence-electron chi connectivity index (χ4n) is 4.16. The molecule has 0 radical (unpaired) electrons. The molecule has 1 aliphatic heterocycles. The minimum Gasteiger partial charge on any atom is -0.330 e. The van der Waals surface area contributed by atoms with Crippen LogP contribution >= 0.6 is 11.6 Å². The first-order valence-corrected chi connectivity index (χ1v) is 10.4. The molecule has 1 fully saturated rings. The summed E-state index contributed by atoms with van der Waals surface area (Å²) in [5, 5.41) is 18.2. The first-order chi connectivity index (χ1) is 13.8. The molecule has 6 N–H and O–H groups in total. The number of nitrogens with one attached hydrogen (secondary N) is 2. The number of nitrogens with zero attached hydrogens (tertiary/aromatic N) is 2. The first kappa shape index (κ1) is 21.5. The summed E-state index contributed by atoms with van der Waals surface area (Å²) in [7, 11) is 0. The van der Waals surface area contributed by atoms with Crippen LogP contribution in [0.3, 0.4) is 0 Å². The van der Waals surface area contributed by atoms with Crippen molar-refractivity contribution in [1.82, 2.24) is 10.6 Å². The van der Waals surface area contributed by atoms with Crippen molar-refractivity contribution >= 4 is 17.6 Å². The van der Waals surface area contributed by atoms with Crippen molar-refractivity contribution in [2.75, 3.05) is 6.54 Å². The molecular formula is C20H29ClN6O2. The zero-order valence-electron chi connectivity index (χ0n) is 16.7. The Morgan fingerprint density at radius 3 is 2.62 bits per heavy atom. The summed E-state index contributed by atoms with van der Waals surface area (Å²) >= 11 is 6.00. The van der Waals surface area contributed by atoms with Crippen molar-refractivity contribution < 1.29 is 4.92 Å². The number of nitro groups is 1. The van der Waals surface area contributed by atoms with Crippen LogP contribution in [0, 0.1) is 28.9 Å². The van der Waals surface area contributed by atoms with E-state index in [4.69, 9.17) is 23.1 Å². The van der Waals surface area contributed by atoms with Gasteiger partial charge in [-0.3, -0.25) is 15.8 Å². The van der Waals surface area contributed by atoms with Crippen molar-refractivity contribution in [3.05, 3.63) is 56.4 Å². The van der Waals surface area contributed by atoms with E-state index in [0.29, 0.717) is 42.3 Å². The summed E-state index contributed by atoms with van der Waals surface area (Å²) in [4.78, 5) is 15.7. The third-order valence-electron chi connectivity index (χ3n) is 5.96. The van der Waals surface area contributed by atoms with Crippen molar-refractivity contribution in [3.8, 4) is 0 Å². The lowest BCUT2D eigenvalue weighted by molar-refractivity contribution is -0.437. The van der Waals surface area contributed by atoms with E-state index in [-0.39, 0.29) is 5.70 Å². The second-order valence-corrected chi connectivity index (χ2v) is 8.53. The number of hydrogen-bond acceptors (Lipinski definition) is 5. The lowest BCUT2D eigenvalue weighted by atomic mass is 9.77. The summed E-state index contributed by atoms with van der Waals surface area (Å²) in [6.45, 7) is 3.08. The Labute approximate surface area is 175 Å². The maximum atomic E-state index is 11.6. The summed E-state index contributed by atoms with van der Waals surface area (Å²) in [5.74, 6) is 1.30. The summed E-state index contributed by atoms with van der Waals surface area (Å²) in [6, 6.07) is 5.63. The summed E-state index contributed by atoms with van der Waals surface area (Å²) in [5.41, 5.74) is 13.0. The minimum atomic E-state index is -1.26. The van der Waals surface area contributed by atoms with Gasteiger partial charge in [0.1, 0.15) is 0 Å². The molecule has 9 heteroatoms. The van der Waals surface area contributed by atoms with Crippen LogP contribution in [0.1, 0.15) is 43.2 Å². The maximum absolute atomic E-state index is 11.6. The fourth-order valence-corrected chi connectivity index (χ4v) is 4.39. The van der Waals surface area contributed by atoms with Crippen LogP contribution in [-0.4, -0.2) is 23.1 Å². The Hall–Kier alpha value is -2.16. The Kier molecular flexibility index (Phi) is 6.77. The van der Waals surface area contributed by atoms with Gasteiger partial charge >= 0.3 is 5.70 Å². The highest BCUT2D eigenvalue weighted by Crippen LogP contribution is 2.34. The largest absolute Gasteiger partial charge is 0.330 e. The molecule has 1 heterocycles. The van der Waals surface area contributed by atoms with E-state index >= 15 is 0 Å². The van der Waals surface area contributed by atoms with Gasteiger partial charge < -0.3 is 16.4 Å². The molecule has 0 amide bonds. The maximum Gasteiger partial charge on any atom is 0.301 e. The van der Waals surface area contributed by atoms with Gasteiger partial charge in [-0.05, 0) is 80.7 Å². The van der Waals surface area contributed by atoms with Crippen molar-refractivity contribution in [2.45, 2.75) is 51.2 Å². The van der Waals surface area contributed by atoms with Crippen LogP contribution in [0.2, 0.25) is 5.02 Å². The van der Waals surface area contributed by atoms with Gasteiger partial charge in [0.25, 0.3) is 0 Å². The number of benzene rings is 1. The van der Waals surface area contributed by atoms with Gasteiger partial charge in [-0.25, -0.2) is 4.99 Å². The second kappa shape index (κ2) is 9.11. The quantitative estimate of drug-likeness (QED) is 0.413. The Morgan fingerprint density at radius 1 is 1.31 bits per heavy atom. The van der Waals surface area contributed by atoms with E-state index in [1.807, 2.05) is 25.1 Å². The van der Waals surface area contributed by atoms with Gasteiger partial charge in [0, 0.05) is 5.02 Å². The van der Waals surface area contributed by atoms with Crippen LogP contribution in [0.25, 0.3) is 0 Å². The molecule has 1 aromatic rings. The lowest BCUT2D eigenvalue weighted by Gasteiger charge is -2.37. The highest BCUT2D eigenvalue weighted by atomic mass is 35.5. The van der Waals surface area contributed by atoms with E-state index in [0.717, 1.165) is 36.8 Å². The van der Waals surface area contributed by atoms with E-state index in [2.05, 4.69) is 15.6 Å². The highest BCUT2D eigenvalue weighted by molar-refractivity contribution is 6.30. The molecule has 1 aliphatic carbocycles. The average Bonchev–Trinajstić information content (AvgIpc) is 2.67. The van der Waals surface area contributed by atoms with Crippen LogP contribution < -0.4 is 22.1 Å². The molecule has 3 rings (SSSR count). The topological polar surface area (TPSA) is 132 Å². The minimum absolute atomic E-state index is 0.0694. The van der Waals surface area contributed by atoms with Crippen molar-refractivity contribution in [1.29, 1.82) is 0 Å². The third kappa shape index (κ3) is 5.26. The molecule has 8 nitrogen and oxygen atoms in total. The standard InChI is InChI=1S/C20H29ClN6O2/c1-13-8-17(21)7-6-16(13)11-24-19-25-12-18(27(28)29)20(23,26-19)9-14-2-4-15(10-22)5-3-14/h6-8,12,14-15H,2-5,9-11,22-23H2,1H3,(H2,24,25,26). The number of aryl methyl sites for hydroxylation is 1. The number of nitrogens with two attached hydrogens (primary N) is 2. The first-order valence-electron chi connectivity index (χ1n) is 9.99. The Balaban J connectivity index is 1.73. The predicted octanol–water partition coefficient (Wildman–Crippen LogP) is 2.63. The zero-order chi connectivity index (χ0) is 21.0. The molecule has 0 aromatic heterocycles. The highest BCUT2D eigenvalue weighted by Gasteiger charge is 2.44. The molecule has 1 atom stereocenters. The van der Waals surface area contributed by atoms with Crippen molar-refractivity contribution in [3.63, 3.8) is 0 Å². The van der Waals surface area contributed by atoms with Gasteiger partial charge in [0.2, 0.25) is 0 Å². The smallest absolute Gasteiger partial charge is 0.301 e. The SMILES string of the molecule is Cc1cc(Cl)ccc1CN=C1NC=C([N+](=O)[O-])C(N)(CC2CCC(CN)CC2)N1. The number of halogens is 1. The Bertz CT molecular complexity index is 819. The van der Waals surface area contributed by atoms with E-state index in [1.165, 1.54) is 6.20 Å². The predicted molar refractivity (Wildman–Crippen MR) is 115 cm³/mol. The molecule has 0 bridgehead atoms. The second-order valence-electron chi connectivity index (χ2n) is 8.09. The van der Waals surface area contributed by atoms with Crippen LogP contribution in [0.4, 0.5) is 0 Å². The molecule has 2 aliphatic rings. The van der Waals surface area contributed by atoms with E-state index in [9.17, 15) is 10.1 Å². The van der Waals surface area contributed by atoms with Gasteiger partial charge in [-0.15, -0.1) is 0 Å². The number of aliphatic imine (C=N–C) groups is 1. The third-order valence-corrected chi connectivity index (χ3v) is 6.20. The molecule has 158 valence electrons. The van der Waals surface area contributed by atoms with Crippen molar-refractivity contribution in [2.24, 2.45) is 28.3 Å². The molecule has 0 saturated heterocycles. The molecular weight excluding hydrogens is 392 g/mol. The number of rotatable bonds is 6. The van der Waals surface area contributed by atoms with Gasteiger partial charge in [0.05, 0.1) is 17.7 Å². The number of guanidine groups is 1. The molecule has 1 aromatic carbocycles. The van der Waals surface area contributed by atoms with Crippen LogP contribution in [0.15, 0.2) is 35.1 Å². The van der Waals surface area contributed by atoms with Gasteiger partial charge in [-0.2, -0.15) is 0 Å². The van der Waals surface area contributed by atoms with Gasteiger partial charge in [-0.1, -0.05) is 17.7 Å².